The molecule has 0 fully saturated rings. The lowest BCUT2D eigenvalue weighted by Gasteiger charge is -2.33. The van der Waals surface area contributed by atoms with Crippen LogP contribution < -0.4 is 0 Å². The largest absolute Gasteiger partial charge is 0.428 e. The Morgan fingerprint density at radius 1 is 0.933 bits per heavy atom. The maximum absolute atomic E-state index is 12.8. The molecule has 1 nitrogen and oxygen atoms in total. The Morgan fingerprint density at radius 3 is 1.33 bits per heavy atom. The second-order valence-corrected chi connectivity index (χ2v) is 2.85. The van der Waals surface area contributed by atoms with E-state index in [-0.39, 0.29) is 6.92 Å². The minimum Gasteiger partial charge on any atom is -0.390 e. The van der Waals surface area contributed by atoms with Gasteiger partial charge < -0.3 is 5.11 Å². The van der Waals surface area contributed by atoms with Crippen LogP contribution in [0, 0.1) is 0 Å². The molecule has 0 spiro atoms. The van der Waals surface area contributed by atoms with Gasteiger partial charge >= 0.3 is 12.4 Å². The molecule has 0 saturated heterocycles. The molecule has 0 aliphatic heterocycles. The predicted octanol–water partition coefficient (Wildman–Crippen LogP) is 2.54. The number of alkyl halides is 8. The van der Waals surface area contributed by atoms with Gasteiger partial charge in [0.1, 0.15) is 0 Å². The summed E-state index contributed by atoms with van der Waals surface area (Å²) in [5, 5.41) is 8.31. The van der Waals surface area contributed by atoms with Crippen molar-refractivity contribution in [3.63, 3.8) is 0 Å². The monoisotopic (exact) mass is 246 g/mol. The number of aliphatic hydroxyl groups excluding tert-OH is 1. The van der Waals surface area contributed by atoms with E-state index in [4.69, 9.17) is 5.11 Å². The van der Waals surface area contributed by atoms with Crippen LogP contribution in [0.3, 0.4) is 0 Å². The SMILES string of the molecule is CC(O)C(F)(C(F)C(F)(F)F)C(F)(F)F. The highest BCUT2D eigenvalue weighted by atomic mass is 19.4. The summed E-state index contributed by atoms with van der Waals surface area (Å²) in [6, 6.07) is 0. The first-order valence-electron chi connectivity index (χ1n) is 3.49. The van der Waals surface area contributed by atoms with Gasteiger partial charge in [-0.15, -0.1) is 0 Å². The molecule has 0 aliphatic rings. The third kappa shape index (κ3) is 2.50. The van der Waals surface area contributed by atoms with Crippen molar-refractivity contribution >= 4 is 0 Å². The Balaban J connectivity index is 5.33. The number of hydrogen-bond acceptors (Lipinski definition) is 1. The lowest BCUT2D eigenvalue weighted by Crippen LogP contribution is -2.60. The highest BCUT2D eigenvalue weighted by Gasteiger charge is 2.71. The van der Waals surface area contributed by atoms with E-state index < -0.39 is 30.3 Å². The molecule has 0 rings (SSSR count). The van der Waals surface area contributed by atoms with E-state index in [1.807, 2.05) is 0 Å². The second kappa shape index (κ2) is 3.76. The van der Waals surface area contributed by atoms with Gasteiger partial charge in [0.05, 0.1) is 6.10 Å². The first-order valence-corrected chi connectivity index (χ1v) is 3.49. The molecule has 15 heavy (non-hydrogen) atoms. The molecule has 0 amide bonds. The summed E-state index contributed by atoms with van der Waals surface area (Å²) < 4.78 is 95.6. The van der Waals surface area contributed by atoms with Gasteiger partial charge in [-0.3, -0.25) is 0 Å². The first kappa shape index (κ1) is 14.4. The fourth-order valence-corrected chi connectivity index (χ4v) is 0.830. The number of hydrogen-bond donors (Lipinski definition) is 1. The van der Waals surface area contributed by atoms with Crippen LogP contribution in [0.4, 0.5) is 35.1 Å². The molecule has 0 radical (unpaired) electrons. The molecule has 0 aromatic heterocycles. The molecule has 3 unspecified atom stereocenters. The summed E-state index contributed by atoms with van der Waals surface area (Å²) in [7, 11) is 0. The van der Waals surface area contributed by atoms with E-state index >= 15 is 0 Å². The normalized spacial score (nSPS) is 22.0. The van der Waals surface area contributed by atoms with Crippen LogP contribution in [0.1, 0.15) is 6.92 Å². The van der Waals surface area contributed by atoms with Gasteiger partial charge in [0.25, 0.3) is 5.67 Å². The number of halogens is 8. The van der Waals surface area contributed by atoms with Crippen LogP contribution in [-0.4, -0.2) is 35.4 Å². The second-order valence-electron chi connectivity index (χ2n) is 2.85. The molecular formula is C6H6F8O. The van der Waals surface area contributed by atoms with Gasteiger partial charge in [-0.25, -0.2) is 8.78 Å². The van der Waals surface area contributed by atoms with Crippen LogP contribution >= 0.6 is 0 Å². The van der Waals surface area contributed by atoms with Gasteiger partial charge in [-0.05, 0) is 6.92 Å². The number of aliphatic hydroxyl groups is 1. The molecule has 1 N–H and O–H groups in total. The number of rotatable bonds is 2. The van der Waals surface area contributed by atoms with Crippen molar-refractivity contribution in [1.82, 2.24) is 0 Å². The Labute approximate surface area is 78.7 Å². The molecule has 0 aromatic rings. The topological polar surface area (TPSA) is 20.2 Å². The van der Waals surface area contributed by atoms with Crippen molar-refractivity contribution in [3.8, 4) is 0 Å². The van der Waals surface area contributed by atoms with E-state index in [2.05, 4.69) is 0 Å². The predicted molar refractivity (Wildman–Crippen MR) is 32.5 cm³/mol. The maximum Gasteiger partial charge on any atom is 0.428 e. The van der Waals surface area contributed by atoms with E-state index in [9.17, 15) is 35.1 Å². The summed E-state index contributed by atoms with van der Waals surface area (Å²) in [5.74, 6) is 0. The van der Waals surface area contributed by atoms with Crippen LogP contribution in [-0.2, 0) is 0 Å². The summed E-state index contributed by atoms with van der Waals surface area (Å²) in [4.78, 5) is 0. The standard InChI is InChI=1S/C6H6F8O/c1-2(15)4(8,6(12,13)14)3(7)5(9,10)11/h2-3,15H,1H3. The molecule has 3 atom stereocenters. The third-order valence-corrected chi connectivity index (χ3v) is 1.70. The van der Waals surface area contributed by atoms with E-state index in [0.717, 1.165) is 0 Å². The maximum atomic E-state index is 12.8. The van der Waals surface area contributed by atoms with Crippen LogP contribution in [0.2, 0.25) is 0 Å². The zero-order valence-corrected chi connectivity index (χ0v) is 7.13. The van der Waals surface area contributed by atoms with Gasteiger partial charge in [-0.1, -0.05) is 0 Å². The fourth-order valence-electron chi connectivity index (χ4n) is 0.830. The zero-order valence-electron chi connectivity index (χ0n) is 7.13. The molecule has 0 aliphatic carbocycles. The Morgan fingerprint density at radius 2 is 1.27 bits per heavy atom. The van der Waals surface area contributed by atoms with Gasteiger partial charge in [0.15, 0.2) is 0 Å². The van der Waals surface area contributed by atoms with E-state index in [0.29, 0.717) is 0 Å². The summed E-state index contributed by atoms with van der Waals surface area (Å²) in [5.41, 5.74) is -5.36. The summed E-state index contributed by atoms with van der Waals surface area (Å²) in [6.45, 7) is 0.0891. The smallest absolute Gasteiger partial charge is 0.390 e. The summed E-state index contributed by atoms with van der Waals surface area (Å²) in [6.07, 6.45) is -20.2. The van der Waals surface area contributed by atoms with Crippen LogP contribution in [0.25, 0.3) is 0 Å². The molecule has 0 saturated carbocycles. The Hall–Kier alpha value is -0.600. The quantitative estimate of drug-likeness (QED) is 0.742. The van der Waals surface area contributed by atoms with Gasteiger partial charge in [-0.2, -0.15) is 26.3 Å². The molecular weight excluding hydrogens is 240 g/mol. The van der Waals surface area contributed by atoms with Crippen molar-refractivity contribution in [2.24, 2.45) is 0 Å². The average Bonchev–Trinajstić information content (AvgIpc) is 1.97. The van der Waals surface area contributed by atoms with E-state index in [1.165, 1.54) is 0 Å². The summed E-state index contributed by atoms with van der Waals surface area (Å²) >= 11 is 0. The molecule has 0 bridgehead atoms. The van der Waals surface area contributed by atoms with Crippen molar-refractivity contribution in [2.75, 3.05) is 0 Å². The Kier molecular flexibility index (Phi) is 3.61. The highest BCUT2D eigenvalue weighted by Crippen LogP contribution is 2.46. The highest BCUT2D eigenvalue weighted by molar-refractivity contribution is 5.01. The van der Waals surface area contributed by atoms with Crippen molar-refractivity contribution in [3.05, 3.63) is 0 Å². The van der Waals surface area contributed by atoms with E-state index in [1.54, 1.807) is 0 Å². The first-order chi connectivity index (χ1) is 6.35. The van der Waals surface area contributed by atoms with Gasteiger partial charge in [0.2, 0.25) is 6.17 Å². The molecule has 92 valence electrons. The minimum atomic E-state index is -6.16. The minimum absolute atomic E-state index is 0.0891. The average molecular weight is 246 g/mol. The van der Waals surface area contributed by atoms with Crippen molar-refractivity contribution in [1.29, 1.82) is 0 Å². The molecule has 9 heteroatoms. The van der Waals surface area contributed by atoms with Crippen molar-refractivity contribution in [2.45, 2.75) is 37.2 Å². The fraction of sp³-hybridized carbons (Fsp3) is 1.00. The Bertz CT molecular complexity index is 218. The lowest BCUT2D eigenvalue weighted by molar-refractivity contribution is -0.322. The third-order valence-electron chi connectivity index (χ3n) is 1.70. The van der Waals surface area contributed by atoms with Gasteiger partial charge in [0, 0.05) is 0 Å². The van der Waals surface area contributed by atoms with Crippen LogP contribution in [0.5, 0.6) is 0 Å². The zero-order chi connectivity index (χ0) is 12.7. The van der Waals surface area contributed by atoms with Crippen LogP contribution in [0.15, 0.2) is 0 Å². The van der Waals surface area contributed by atoms with Crippen molar-refractivity contribution < 1.29 is 40.2 Å². The molecule has 0 heterocycles. The lowest BCUT2D eigenvalue weighted by atomic mass is 9.93. The molecule has 0 aromatic carbocycles.